The van der Waals surface area contributed by atoms with Crippen molar-refractivity contribution in [2.24, 2.45) is 11.8 Å². The van der Waals surface area contributed by atoms with Gasteiger partial charge in [-0.2, -0.15) is 0 Å². The maximum absolute atomic E-state index is 13.6. The highest BCUT2D eigenvalue weighted by atomic mass is 19.1. The minimum absolute atomic E-state index is 0.240. The summed E-state index contributed by atoms with van der Waals surface area (Å²) >= 11 is 0. The van der Waals surface area contributed by atoms with E-state index in [1.165, 1.54) is 13.2 Å². The Labute approximate surface area is 124 Å². The van der Waals surface area contributed by atoms with E-state index in [1.54, 1.807) is 6.07 Å². The molecule has 21 heavy (non-hydrogen) atoms. The number of ether oxygens (including phenoxy) is 1. The van der Waals surface area contributed by atoms with Gasteiger partial charge in [0.2, 0.25) is 0 Å². The van der Waals surface area contributed by atoms with Crippen LogP contribution in [0.5, 0.6) is 5.75 Å². The predicted molar refractivity (Wildman–Crippen MR) is 78.0 cm³/mol. The number of hydrogen-bond acceptors (Lipinski definition) is 3. The first kappa shape index (κ1) is 15.8. The normalized spacial score (nSPS) is 20.4. The van der Waals surface area contributed by atoms with Gasteiger partial charge in [0.05, 0.1) is 13.0 Å². The van der Waals surface area contributed by atoms with Gasteiger partial charge in [0.1, 0.15) is 0 Å². The summed E-state index contributed by atoms with van der Waals surface area (Å²) in [6.45, 7) is 4.41. The van der Waals surface area contributed by atoms with Crippen LogP contribution in [0.15, 0.2) is 18.2 Å². The third-order valence-electron chi connectivity index (χ3n) is 3.99. The lowest BCUT2D eigenvalue weighted by Crippen LogP contribution is -2.28. The van der Waals surface area contributed by atoms with E-state index in [-0.39, 0.29) is 17.5 Å². The summed E-state index contributed by atoms with van der Waals surface area (Å²) in [5.74, 6) is -0.673. The molecule has 1 aromatic carbocycles. The van der Waals surface area contributed by atoms with Crippen molar-refractivity contribution in [3.8, 4) is 5.75 Å². The number of carboxylic acids is 1. The molecule has 4 nitrogen and oxygen atoms in total. The Balaban J connectivity index is 1.86. The fraction of sp³-hybridized carbons (Fsp3) is 0.562. The molecule has 0 amide bonds. The zero-order valence-electron chi connectivity index (χ0n) is 12.5. The van der Waals surface area contributed by atoms with Gasteiger partial charge in [-0.25, -0.2) is 4.39 Å². The molecule has 116 valence electrons. The van der Waals surface area contributed by atoms with Crippen LogP contribution in [0, 0.1) is 17.7 Å². The molecule has 0 aromatic heterocycles. The van der Waals surface area contributed by atoms with E-state index in [0.29, 0.717) is 12.5 Å². The summed E-state index contributed by atoms with van der Waals surface area (Å²) in [6, 6.07) is 5.04. The third kappa shape index (κ3) is 4.17. The van der Waals surface area contributed by atoms with Crippen LogP contribution in [0.4, 0.5) is 4.39 Å². The Bertz CT molecular complexity index is 506. The van der Waals surface area contributed by atoms with E-state index in [9.17, 15) is 9.18 Å². The first-order valence-electron chi connectivity index (χ1n) is 7.27. The molecule has 1 aliphatic heterocycles. The number of aliphatic carboxylic acids is 1. The molecule has 0 bridgehead atoms. The summed E-state index contributed by atoms with van der Waals surface area (Å²) in [5, 5.41) is 9.00. The topological polar surface area (TPSA) is 49.8 Å². The van der Waals surface area contributed by atoms with Crippen molar-refractivity contribution in [1.29, 1.82) is 0 Å². The standard InChI is InChI=1S/C16H22FNO3/c1-11(9-18-6-5-13(10-18)16(19)20)7-12-3-4-15(21-2)14(17)8-12/h3-4,8,11,13H,5-7,9-10H2,1-2H3,(H,19,20). The van der Waals surface area contributed by atoms with E-state index in [1.807, 2.05) is 6.07 Å². The average molecular weight is 295 g/mol. The lowest BCUT2D eigenvalue weighted by atomic mass is 10.0. The summed E-state index contributed by atoms with van der Waals surface area (Å²) < 4.78 is 18.6. The van der Waals surface area contributed by atoms with Crippen molar-refractivity contribution in [3.05, 3.63) is 29.6 Å². The number of benzene rings is 1. The van der Waals surface area contributed by atoms with E-state index >= 15 is 0 Å². The van der Waals surface area contributed by atoms with Crippen LogP contribution >= 0.6 is 0 Å². The Kier molecular flexibility index (Phi) is 5.17. The third-order valence-corrected chi connectivity index (χ3v) is 3.99. The fourth-order valence-corrected chi connectivity index (χ4v) is 2.94. The van der Waals surface area contributed by atoms with Crippen molar-refractivity contribution in [2.45, 2.75) is 19.8 Å². The van der Waals surface area contributed by atoms with Crippen molar-refractivity contribution in [3.63, 3.8) is 0 Å². The summed E-state index contributed by atoms with van der Waals surface area (Å²) in [6.07, 6.45) is 1.49. The highest BCUT2D eigenvalue weighted by Gasteiger charge is 2.28. The van der Waals surface area contributed by atoms with Crippen LogP contribution in [-0.4, -0.2) is 42.7 Å². The van der Waals surface area contributed by atoms with Crippen molar-refractivity contribution in [2.75, 3.05) is 26.7 Å². The van der Waals surface area contributed by atoms with Gasteiger partial charge < -0.3 is 14.7 Å². The Hall–Kier alpha value is -1.62. The second-order valence-corrected chi connectivity index (χ2v) is 5.86. The highest BCUT2D eigenvalue weighted by Crippen LogP contribution is 2.22. The molecule has 2 unspecified atom stereocenters. The van der Waals surface area contributed by atoms with Gasteiger partial charge in [0.15, 0.2) is 11.6 Å². The lowest BCUT2D eigenvalue weighted by molar-refractivity contribution is -0.141. The molecule has 1 N–H and O–H groups in total. The molecule has 0 radical (unpaired) electrons. The Morgan fingerprint density at radius 2 is 2.33 bits per heavy atom. The van der Waals surface area contributed by atoms with Gasteiger partial charge in [-0.15, -0.1) is 0 Å². The van der Waals surface area contributed by atoms with Gasteiger partial charge in [0, 0.05) is 13.1 Å². The molecule has 1 saturated heterocycles. The molecule has 2 atom stereocenters. The van der Waals surface area contributed by atoms with Gasteiger partial charge in [-0.3, -0.25) is 4.79 Å². The number of likely N-dealkylation sites (tertiary alicyclic amines) is 1. The predicted octanol–water partition coefficient (Wildman–Crippen LogP) is 2.42. The molecule has 0 spiro atoms. The Morgan fingerprint density at radius 3 is 2.90 bits per heavy atom. The zero-order valence-corrected chi connectivity index (χ0v) is 12.5. The molecule has 0 aliphatic carbocycles. The SMILES string of the molecule is COc1ccc(CC(C)CN2CCC(C(=O)O)C2)cc1F. The van der Waals surface area contributed by atoms with Crippen molar-refractivity contribution < 1.29 is 19.0 Å². The first-order valence-corrected chi connectivity index (χ1v) is 7.27. The number of nitrogens with zero attached hydrogens (tertiary/aromatic N) is 1. The zero-order chi connectivity index (χ0) is 15.4. The second kappa shape index (κ2) is 6.89. The summed E-state index contributed by atoms with van der Waals surface area (Å²) in [4.78, 5) is 13.1. The Morgan fingerprint density at radius 1 is 1.57 bits per heavy atom. The summed E-state index contributed by atoms with van der Waals surface area (Å²) in [5.41, 5.74) is 0.940. The molecule has 1 heterocycles. The van der Waals surface area contributed by atoms with Crippen molar-refractivity contribution >= 4 is 5.97 Å². The second-order valence-electron chi connectivity index (χ2n) is 5.86. The number of rotatable bonds is 6. The maximum Gasteiger partial charge on any atom is 0.307 e. The molecular weight excluding hydrogens is 273 g/mol. The first-order chi connectivity index (χ1) is 9.99. The van der Waals surface area contributed by atoms with Gasteiger partial charge in [0.25, 0.3) is 0 Å². The van der Waals surface area contributed by atoms with Gasteiger partial charge in [-0.05, 0) is 43.0 Å². The molecule has 2 rings (SSSR count). The molecule has 5 heteroatoms. The van der Waals surface area contributed by atoms with Crippen molar-refractivity contribution in [1.82, 2.24) is 4.90 Å². The highest BCUT2D eigenvalue weighted by molar-refractivity contribution is 5.70. The molecule has 1 fully saturated rings. The van der Waals surface area contributed by atoms with Crippen LogP contribution < -0.4 is 4.74 Å². The number of carbonyl (C=O) groups is 1. The maximum atomic E-state index is 13.6. The quantitative estimate of drug-likeness (QED) is 0.875. The van der Waals surface area contributed by atoms with Gasteiger partial charge in [-0.1, -0.05) is 13.0 Å². The number of halogens is 1. The number of hydrogen-bond donors (Lipinski definition) is 1. The molecule has 1 aliphatic rings. The van der Waals surface area contributed by atoms with E-state index in [2.05, 4.69) is 11.8 Å². The monoisotopic (exact) mass is 295 g/mol. The fourth-order valence-electron chi connectivity index (χ4n) is 2.94. The molecule has 1 aromatic rings. The minimum Gasteiger partial charge on any atom is -0.494 e. The van der Waals surface area contributed by atoms with Crippen LogP contribution in [-0.2, 0) is 11.2 Å². The van der Waals surface area contributed by atoms with Crippen LogP contribution in [0.25, 0.3) is 0 Å². The average Bonchev–Trinajstić information content (AvgIpc) is 2.87. The number of carboxylic acid groups (broad SMARTS) is 1. The van der Waals surface area contributed by atoms with Crippen LogP contribution in [0.3, 0.4) is 0 Å². The number of methoxy groups -OCH3 is 1. The molecule has 0 saturated carbocycles. The van der Waals surface area contributed by atoms with Crippen LogP contribution in [0.1, 0.15) is 18.9 Å². The lowest BCUT2D eigenvalue weighted by Gasteiger charge is -2.20. The summed E-state index contributed by atoms with van der Waals surface area (Å²) in [7, 11) is 1.45. The largest absolute Gasteiger partial charge is 0.494 e. The van der Waals surface area contributed by atoms with E-state index in [0.717, 1.165) is 31.5 Å². The van der Waals surface area contributed by atoms with E-state index in [4.69, 9.17) is 9.84 Å². The van der Waals surface area contributed by atoms with Gasteiger partial charge >= 0.3 is 5.97 Å². The van der Waals surface area contributed by atoms with Crippen LogP contribution in [0.2, 0.25) is 0 Å². The molecular formula is C16H22FNO3. The van der Waals surface area contributed by atoms with E-state index < -0.39 is 5.97 Å². The minimum atomic E-state index is -0.706. The smallest absolute Gasteiger partial charge is 0.307 e.